The highest BCUT2D eigenvalue weighted by Crippen LogP contribution is 2.17. The van der Waals surface area contributed by atoms with Crippen molar-refractivity contribution in [2.45, 2.75) is 117 Å². The molecule has 2 nitrogen and oxygen atoms in total. The summed E-state index contributed by atoms with van der Waals surface area (Å²) in [5.74, 6) is 0.334. The molecule has 0 bridgehead atoms. The fraction of sp³-hybridized carbons (Fsp3) is 0.950. The quantitative estimate of drug-likeness (QED) is 0.272. The zero-order valence-corrected chi connectivity index (χ0v) is 15.5. The predicted molar refractivity (Wildman–Crippen MR) is 96.4 cm³/mol. The number of carbonyl (C=O) groups excluding carboxylic acids is 1. The van der Waals surface area contributed by atoms with E-state index in [2.05, 4.69) is 13.8 Å². The summed E-state index contributed by atoms with van der Waals surface area (Å²) in [6, 6.07) is 0. The highest BCUT2D eigenvalue weighted by atomic mass is 16.6. The lowest BCUT2D eigenvalue weighted by atomic mass is 10.1. The largest absolute Gasteiger partial charge is 0.373 e. The van der Waals surface area contributed by atoms with Gasteiger partial charge in [-0.05, 0) is 19.8 Å². The molecule has 0 N–H and O–H groups in total. The number of rotatable bonds is 14. The third kappa shape index (κ3) is 19.6. The van der Waals surface area contributed by atoms with Crippen molar-refractivity contribution in [3.05, 3.63) is 0 Å². The van der Waals surface area contributed by atoms with Gasteiger partial charge in [-0.3, -0.25) is 0 Å². The monoisotopic (exact) mass is 312 g/mol. The Kier molecular flexibility index (Phi) is 16.7. The van der Waals surface area contributed by atoms with Crippen LogP contribution in [0, 0.1) is 0 Å². The first-order valence-corrected chi connectivity index (χ1v) is 9.81. The molecule has 1 rings (SSSR count). The second kappa shape index (κ2) is 17.0. The van der Waals surface area contributed by atoms with Crippen molar-refractivity contribution in [3.8, 4) is 0 Å². The lowest BCUT2D eigenvalue weighted by Gasteiger charge is -1.97. The highest BCUT2D eigenvalue weighted by molar-refractivity contribution is 5.75. The van der Waals surface area contributed by atoms with Gasteiger partial charge >= 0.3 is 0 Å². The SMILES string of the molecule is CCCCCCCCC(C)=O.CCCCCCCCC1CO1. The lowest BCUT2D eigenvalue weighted by molar-refractivity contribution is -0.117. The second-order valence-corrected chi connectivity index (χ2v) is 6.73. The predicted octanol–water partition coefficient (Wildman–Crippen LogP) is 6.46. The van der Waals surface area contributed by atoms with Crippen LogP contribution in [0.15, 0.2) is 0 Å². The fourth-order valence-corrected chi connectivity index (χ4v) is 2.54. The smallest absolute Gasteiger partial charge is 0.129 e. The van der Waals surface area contributed by atoms with Gasteiger partial charge in [0.05, 0.1) is 12.7 Å². The van der Waals surface area contributed by atoms with Crippen LogP contribution in [0.25, 0.3) is 0 Å². The minimum absolute atomic E-state index is 0.334. The van der Waals surface area contributed by atoms with Crippen molar-refractivity contribution in [1.82, 2.24) is 0 Å². The Bertz CT molecular complexity index is 234. The van der Waals surface area contributed by atoms with Crippen LogP contribution in [-0.4, -0.2) is 18.5 Å². The van der Waals surface area contributed by atoms with Crippen LogP contribution in [0.4, 0.5) is 0 Å². The molecule has 132 valence electrons. The zero-order chi connectivity index (χ0) is 16.5. The Hall–Kier alpha value is -0.370. The molecule has 22 heavy (non-hydrogen) atoms. The highest BCUT2D eigenvalue weighted by Gasteiger charge is 2.20. The number of hydrogen-bond donors (Lipinski definition) is 0. The third-order valence-electron chi connectivity index (χ3n) is 4.16. The van der Waals surface area contributed by atoms with Gasteiger partial charge in [-0.25, -0.2) is 0 Å². The van der Waals surface area contributed by atoms with Gasteiger partial charge in [0.25, 0.3) is 0 Å². The van der Waals surface area contributed by atoms with E-state index in [-0.39, 0.29) is 0 Å². The Morgan fingerprint density at radius 2 is 1.27 bits per heavy atom. The van der Waals surface area contributed by atoms with E-state index in [9.17, 15) is 4.79 Å². The molecule has 0 amide bonds. The van der Waals surface area contributed by atoms with E-state index in [0.717, 1.165) is 19.4 Å². The number of ketones is 1. The molecule has 0 aromatic carbocycles. The van der Waals surface area contributed by atoms with Crippen LogP contribution in [0.2, 0.25) is 0 Å². The van der Waals surface area contributed by atoms with Gasteiger partial charge in [-0.1, -0.05) is 84.5 Å². The summed E-state index contributed by atoms with van der Waals surface area (Å²) in [5, 5.41) is 0. The van der Waals surface area contributed by atoms with E-state index in [1.807, 2.05) is 0 Å². The lowest BCUT2D eigenvalue weighted by Crippen LogP contribution is -1.88. The molecule has 1 aliphatic heterocycles. The normalized spacial score (nSPS) is 16.0. The van der Waals surface area contributed by atoms with Crippen molar-refractivity contribution >= 4 is 5.78 Å². The first-order chi connectivity index (χ1) is 10.7. The minimum atomic E-state index is 0.334. The van der Waals surface area contributed by atoms with Crippen molar-refractivity contribution < 1.29 is 9.53 Å². The van der Waals surface area contributed by atoms with Crippen molar-refractivity contribution in [1.29, 1.82) is 0 Å². The number of Topliss-reactive ketones (excluding diaryl/α,β-unsaturated/α-hetero) is 1. The topological polar surface area (TPSA) is 29.6 Å². The van der Waals surface area contributed by atoms with Gasteiger partial charge in [-0.2, -0.15) is 0 Å². The summed E-state index contributed by atoms with van der Waals surface area (Å²) < 4.78 is 5.14. The Morgan fingerprint density at radius 1 is 0.818 bits per heavy atom. The summed E-state index contributed by atoms with van der Waals surface area (Å²) in [7, 11) is 0. The molecule has 0 aliphatic carbocycles. The van der Waals surface area contributed by atoms with Gasteiger partial charge in [-0.15, -0.1) is 0 Å². The molecule has 0 aromatic heterocycles. The molecule has 0 saturated carbocycles. The minimum Gasteiger partial charge on any atom is -0.373 e. The molecule has 1 fully saturated rings. The molecule has 0 aromatic rings. The van der Waals surface area contributed by atoms with Crippen LogP contribution in [-0.2, 0) is 9.53 Å². The Balaban J connectivity index is 0.000000401. The molecule has 0 radical (unpaired) electrons. The van der Waals surface area contributed by atoms with Crippen LogP contribution >= 0.6 is 0 Å². The van der Waals surface area contributed by atoms with E-state index < -0.39 is 0 Å². The molecule has 1 aliphatic rings. The van der Waals surface area contributed by atoms with Crippen LogP contribution < -0.4 is 0 Å². The van der Waals surface area contributed by atoms with E-state index in [1.54, 1.807) is 6.92 Å². The average molecular weight is 313 g/mol. The number of epoxide rings is 1. The van der Waals surface area contributed by atoms with Crippen LogP contribution in [0.3, 0.4) is 0 Å². The molecule has 1 saturated heterocycles. The maximum Gasteiger partial charge on any atom is 0.129 e. The van der Waals surface area contributed by atoms with Gasteiger partial charge in [0, 0.05) is 6.42 Å². The van der Waals surface area contributed by atoms with Crippen LogP contribution in [0.5, 0.6) is 0 Å². The molecule has 0 spiro atoms. The second-order valence-electron chi connectivity index (χ2n) is 6.73. The first kappa shape index (κ1) is 21.6. The van der Waals surface area contributed by atoms with Gasteiger partial charge in [0.2, 0.25) is 0 Å². The first-order valence-electron chi connectivity index (χ1n) is 9.81. The molecule has 1 unspecified atom stereocenters. The third-order valence-corrected chi connectivity index (χ3v) is 4.16. The average Bonchev–Trinajstić information content (AvgIpc) is 3.31. The maximum absolute atomic E-state index is 10.5. The number of unbranched alkanes of at least 4 members (excludes halogenated alkanes) is 10. The van der Waals surface area contributed by atoms with E-state index >= 15 is 0 Å². The summed E-state index contributed by atoms with van der Waals surface area (Å²) in [6.07, 6.45) is 18.8. The van der Waals surface area contributed by atoms with Gasteiger partial charge < -0.3 is 9.53 Å². The summed E-state index contributed by atoms with van der Waals surface area (Å²) in [4.78, 5) is 10.5. The summed E-state index contributed by atoms with van der Waals surface area (Å²) >= 11 is 0. The number of carbonyl (C=O) groups is 1. The van der Waals surface area contributed by atoms with Crippen molar-refractivity contribution in [2.24, 2.45) is 0 Å². The maximum atomic E-state index is 10.5. The summed E-state index contributed by atoms with van der Waals surface area (Å²) in [6.45, 7) is 7.19. The van der Waals surface area contributed by atoms with E-state index in [0.29, 0.717) is 11.9 Å². The molecule has 2 heteroatoms. The molecule has 1 heterocycles. The Morgan fingerprint density at radius 3 is 1.73 bits per heavy atom. The fourth-order valence-electron chi connectivity index (χ4n) is 2.54. The molecular formula is C20H40O2. The van der Waals surface area contributed by atoms with Crippen molar-refractivity contribution in [2.75, 3.05) is 6.61 Å². The number of hydrogen-bond acceptors (Lipinski definition) is 2. The summed E-state index contributed by atoms with van der Waals surface area (Å²) in [5.41, 5.74) is 0. The Labute approximate surface area is 139 Å². The van der Waals surface area contributed by atoms with Crippen molar-refractivity contribution in [3.63, 3.8) is 0 Å². The zero-order valence-electron chi connectivity index (χ0n) is 15.5. The standard InChI is InChI=1S/2C10H20O/c1-2-3-4-5-6-7-8-10-9-11-10;1-3-4-5-6-7-8-9-10(2)11/h10H,2-9H2,1H3;3-9H2,1-2H3. The van der Waals surface area contributed by atoms with E-state index in [4.69, 9.17) is 4.74 Å². The number of ether oxygens (including phenoxy) is 1. The van der Waals surface area contributed by atoms with E-state index in [1.165, 1.54) is 77.0 Å². The molecule has 1 atom stereocenters. The van der Waals surface area contributed by atoms with Crippen LogP contribution in [0.1, 0.15) is 111 Å². The van der Waals surface area contributed by atoms with Gasteiger partial charge in [0.1, 0.15) is 5.78 Å². The molecular weight excluding hydrogens is 272 g/mol. The van der Waals surface area contributed by atoms with Gasteiger partial charge in [0.15, 0.2) is 0 Å².